The molecular formula is C24H28N4O5S. The Morgan fingerprint density at radius 1 is 0.971 bits per heavy atom. The Kier molecular flexibility index (Phi) is 6.18. The number of rotatable bonds is 7. The van der Waals surface area contributed by atoms with Crippen LogP contribution >= 0.6 is 0 Å². The summed E-state index contributed by atoms with van der Waals surface area (Å²) < 4.78 is 43.8. The van der Waals surface area contributed by atoms with Gasteiger partial charge in [-0.15, -0.1) is 0 Å². The number of hydrogen-bond acceptors (Lipinski definition) is 8. The molecule has 2 aliphatic rings. The lowest BCUT2D eigenvalue weighted by Crippen LogP contribution is -2.35. The van der Waals surface area contributed by atoms with E-state index in [2.05, 4.69) is 15.0 Å². The van der Waals surface area contributed by atoms with E-state index in [1.165, 1.54) is 0 Å². The Morgan fingerprint density at radius 3 is 2.53 bits per heavy atom. The van der Waals surface area contributed by atoms with Gasteiger partial charge in [0.1, 0.15) is 0 Å². The van der Waals surface area contributed by atoms with Crippen molar-refractivity contribution in [3.05, 3.63) is 47.9 Å². The van der Waals surface area contributed by atoms with Crippen molar-refractivity contribution in [2.45, 2.75) is 37.1 Å². The van der Waals surface area contributed by atoms with E-state index in [0.29, 0.717) is 47.7 Å². The second-order valence-corrected chi connectivity index (χ2v) is 10.4. The molecule has 0 unspecified atom stereocenters. The molecule has 0 aliphatic carbocycles. The average molecular weight is 485 g/mol. The van der Waals surface area contributed by atoms with E-state index in [1.54, 1.807) is 30.7 Å². The summed E-state index contributed by atoms with van der Waals surface area (Å²) >= 11 is 0. The molecule has 34 heavy (non-hydrogen) atoms. The average Bonchev–Trinajstić information content (AvgIpc) is 3.51. The quantitative estimate of drug-likeness (QED) is 0.503. The number of anilines is 1. The van der Waals surface area contributed by atoms with Crippen LogP contribution in [0.2, 0.25) is 0 Å². The Morgan fingerprint density at radius 2 is 1.76 bits per heavy atom. The molecule has 1 aromatic heterocycles. The molecule has 9 nitrogen and oxygen atoms in total. The minimum atomic E-state index is -3.44. The number of nitrogens with zero attached hydrogens (tertiary/aromatic N) is 4. The van der Waals surface area contributed by atoms with Gasteiger partial charge in [-0.2, -0.15) is 9.29 Å². The lowest BCUT2D eigenvalue weighted by atomic mass is 10.2. The standard InChI is InChI=1S/C24H28N4O5S/c1-31-21-9-6-18(15-22(21)32-2)24-25-23(33-26-24)16-27-13-10-17-14-19(7-8-20(17)27)34(29,30)28-11-4-3-5-12-28/h6-9,14-15H,3-5,10-13,16H2,1-2H3. The first-order chi connectivity index (χ1) is 16.5. The predicted octanol–water partition coefficient (Wildman–Crippen LogP) is 3.49. The van der Waals surface area contributed by atoms with Crippen molar-refractivity contribution in [3.8, 4) is 22.9 Å². The monoisotopic (exact) mass is 484 g/mol. The van der Waals surface area contributed by atoms with E-state index in [1.807, 2.05) is 24.3 Å². The second-order valence-electron chi connectivity index (χ2n) is 8.51. The van der Waals surface area contributed by atoms with Gasteiger partial charge in [0.25, 0.3) is 0 Å². The third kappa shape index (κ3) is 4.23. The first kappa shape index (κ1) is 22.7. The Bertz CT molecular complexity index is 1280. The second kappa shape index (κ2) is 9.27. The largest absolute Gasteiger partial charge is 0.493 e. The van der Waals surface area contributed by atoms with Crippen LogP contribution in [0.25, 0.3) is 11.4 Å². The van der Waals surface area contributed by atoms with Crippen molar-refractivity contribution in [2.24, 2.45) is 0 Å². The summed E-state index contributed by atoms with van der Waals surface area (Å²) in [5.41, 5.74) is 2.79. The summed E-state index contributed by atoms with van der Waals surface area (Å²) in [5, 5.41) is 4.12. The van der Waals surface area contributed by atoms with Crippen LogP contribution in [0.4, 0.5) is 5.69 Å². The Labute approximate surface area is 199 Å². The molecule has 0 bridgehead atoms. The lowest BCUT2D eigenvalue weighted by Gasteiger charge is -2.26. The molecular weight excluding hydrogens is 456 g/mol. The van der Waals surface area contributed by atoms with Gasteiger partial charge in [0.05, 0.1) is 25.7 Å². The molecule has 0 atom stereocenters. The zero-order valence-corrected chi connectivity index (χ0v) is 20.2. The van der Waals surface area contributed by atoms with Crippen LogP contribution in [-0.4, -0.2) is 56.7 Å². The number of ether oxygens (including phenoxy) is 2. The van der Waals surface area contributed by atoms with Crippen LogP contribution in [0.3, 0.4) is 0 Å². The molecule has 10 heteroatoms. The third-order valence-corrected chi connectivity index (χ3v) is 8.33. The fourth-order valence-corrected chi connectivity index (χ4v) is 6.17. The molecule has 1 fully saturated rings. The van der Waals surface area contributed by atoms with Crippen molar-refractivity contribution < 1.29 is 22.4 Å². The van der Waals surface area contributed by atoms with Gasteiger partial charge in [-0.05, 0) is 61.2 Å². The highest BCUT2D eigenvalue weighted by Gasteiger charge is 2.29. The van der Waals surface area contributed by atoms with E-state index in [9.17, 15) is 8.42 Å². The number of benzene rings is 2. The Hall–Kier alpha value is -3.11. The van der Waals surface area contributed by atoms with Crippen LogP contribution in [0, 0.1) is 0 Å². The van der Waals surface area contributed by atoms with Crippen molar-refractivity contribution in [1.82, 2.24) is 14.4 Å². The van der Waals surface area contributed by atoms with Crippen molar-refractivity contribution in [2.75, 3.05) is 38.8 Å². The van der Waals surface area contributed by atoms with E-state index < -0.39 is 10.0 Å². The summed E-state index contributed by atoms with van der Waals surface area (Å²) in [6.45, 7) is 2.42. The zero-order valence-electron chi connectivity index (χ0n) is 19.4. The number of methoxy groups -OCH3 is 2. The SMILES string of the molecule is COc1ccc(-c2noc(CN3CCc4cc(S(=O)(=O)N5CCCCC5)ccc43)n2)cc1OC. The molecule has 1 saturated heterocycles. The molecule has 0 N–H and O–H groups in total. The summed E-state index contributed by atoms with van der Waals surface area (Å²) in [6, 6.07) is 10.9. The van der Waals surface area contributed by atoms with Gasteiger partial charge in [0, 0.05) is 30.9 Å². The highest BCUT2D eigenvalue weighted by Crippen LogP contribution is 2.34. The first-order valence-electron chi connectivity index (χ1n) is 11.4. The fourth-order valence-electron chi connectivity index (χ4n) is 4.60. The first-order valence-corrected chi connectivity index (χ1v) is 12.9. The van der Waals surface area contributed by atoms with Crippen LogP contribution in [0.15, 0.2) is 45.8 Å². The highest BCUT2D eigenvalue weighted by atomic mass is 32.2. The lowest BCUT2D eigenvalue weighted by molar-refractivity contribution is 0.346. The van der Waals surface area contributed by atoms with E-state index in [0.717, 1.165) is 49.0 Å². The smallest absolute Gasteiger partial charge is 0.246 e. The molecule has 3 aromatic rings. The van der Waals surface area contributed by atoms with Crippen LogP contribution in [-0.2, 0) is 23.0 Å². The molecule has 5 rings (SSSR count). The minimum Gasteiger partial charge on any atom is -0.493 e. The maximum Gasteiger partial charge on any atom is 0.246 e. The van der Waals surface area contributed by atoms with Crippen molar-refractivity contribution >= 4 is 15.7 Å². The number of piperidine rings is 1. The van der Waals surface area contributed by atoms with Crippen LogP contribution in [0.5, 0.6) is 11.5 Å². The number of fused-ring (bicyclic) bond motifs is 1. The number of hydrogen-bond donors (Lipinski definition) is 0. The normalized spacial score (nSPS) is 16.5. The number of sulfonamides is 1. The Balaban J connectivity index is 1.32. The van der Waals surface area contributed by atoms with Gasteiger partial charge in [0.2, 0.25) is 21.7 Å². The van der Waals surface area contributed by atoms with Crippen LogP contribution < -0.4 is 14.4 Å². The van der Waals surface area contributed by atoms with E-state index in [4.69, 9.17) is 14.0 Å². The van der Waals surface area contributed by atoms with Gasteiger partial charge in [0.15, 0.2) is 11.5 Å². The molecule has 180 valence electrons. The van der Waals surface area contributed by atoms with Crippen LogP contribution in [0.1, 0.15) is 30.7 Å². The van der Waals surface area contributed by atoms with Crippen molar-refractivity contribution in [1.29, 1.82) is 0 Å². The van der Waals surface area contributed by atoms with Crippen molar-refractivity contribution in [3.63, 3.8) is 0 Å². The highest BCUT2D eigenvalue weighted by molar-refractivity contribution is 7.89. The molecule has 0 radical (unpaired) electrons. The van der Waals surface area contributed by atoms with Gasteiger partial charge < -0.3 is 18.9 Å². The summed E-state index contributed by atoms with van der Waals surface area (Å²) in [7, 11) is -0.276. The minimum absolute atomic E-state index is 0.378. The maximum absolute atomic E-state index is 13.0. The van der Waals surface area contributed by atoms with Gasteiger partial charge in [-0.1, -0.05) is 11.6 Å². The molecule has 2 aliphatic heterocycles. The van der Waals surface area contributed by atoms with Gasteiger partial charge in [-0.25, -0.2) is 8.42 Å². The molecule has 0 saturated carbocycles. The topological polar surface area (TPSA) is 98.0 Å². The fraction of sp³-hybridized carbons (Fsp3) is 0.417. The van der Waals surface area contributed by atoms with E-state index >= 15 is 0 Å². The molecule has 2 aromatic carbocycles. The number of aromatic nitrogens is 2. The summed E-state index contributed by atoms with van der Waals surface area (Å²) in [6.07, 6.45) is 3.71. The maximum atomic E-state index is 13.0. The molecule has 3 heterocycles. The molecule has 0 spiro atoms. The third-order valence-electron chi connectivity index (χ3n) is 6.43. The van der Waals surface area contributed by atoms with Gasteiger partial charge >= 0.3 is 0 Å². The zero-order chi connectivity index (χ0) is 23.7. The molecule has 0 amide bonds. The summed E-state index contributed by atoms with van der Waals surface area (Å²) in [4.78, 5) is 7.06. The van der Waals surface area contributed by atoms with E-state index in [-0.39, 0.29) is 0 Å². The summed E-state index contributed by atoms with van der Waals surface area (Å²) in [5.74, 6) is 2.18. The predicted molar refractivity (Wildman–Crippen MR) is 127 cm³/mol. The van der Waals surface area contributed by atoms with Gasteiger partial charge in [-0.3, -0.25) is 0 Å².